The predicted octanol–water partition coefficient (Wildman–Crippen LogP) is 0.719. The lowest BCUT2D eigenvalue weighted by atomic mass is 9.99. The van der Waals surface area contributed by atoms with E-state index in [1.54, 1.807) is 0 Å². The van der Waals surface area contributed by atoms with Crippen molar-refractivity contribution in [2.75, 3.05) is 18.5 Å². The Hall–Kier alpha value is -2.06. The van der Waals surface area contributed by atoms with Crippen LogP contribution in [-0.4, -0.2) is 35.7 Å². The number of nitrogens with two attached hydrogens (primary N) is 1. The molecule has 1 saturated heterocycles. The minimum Gasteiger partial charge on any atom is -0.478 e. The first-order chi connectivity index (χ1) is 9.33. The zero-order chi connectivity index (χ0) is 14.9. The van der Waals surface area contributed by atoms with Crippen LogP contribution in [0.25, 0.3) is 0 Å². The summed E-state index contributed by atoms with van der Waals surface area (Å²) in [5.74, 6) is -4.58. The molecule has 0 spiro atoms. The van der Waals surface area contributed by atoms with Gasteiger partial charge in [0.25, 0.3) is 0 Å². The molecule has 1 atom stereocenters. The second-order valence-corrected chi connectivity index (χ2v) is 4.53. The van der Waals surface area contributed by atoms with Crippen LogP contribution >= 0.6 is 0 Å². The second-order valence-electron chi connectivity index (χ2n) is 4.53. The first-order valence-corrected chi connectivity index (χ1v) is 5.74. The van der Waals surface area contributed by atoms with Crippen molar-refractivity contribution in [3.63, 3.8) is 0 Å². The van der Waals surface area contributed by atoms with Crippen molar-refractivity contribution in [2.45, 2.75) is 12.0 Å². The summed E-state index contributed by atoms with van der Waals surface area (Å²) in [4.78, 5) is 22.7. The number of carboxylic acid groups (broad SMARTS) is 1. The van der Waals surface area contributed by atoms with Gasteiger partial charge in [-0.2, -0.15) is 0 Å². The number of rotatable bonds is 3. The third-order valence-corrected chi connectivity index (χ3v) is 3.04. The van der Waals surface area contributed by atoms with Crippen LogP contribution in [0.4, 0.5) is 14.5 Å². The van der Waals surface area contributed by atoms with Crippen molar-refractivity contribution in [3.8, 4) is 0 Å². The van der Waals surface area contributed by atoms with E-state index in [0.717, 1.165) is 0 Å². The van der Waals surface area contributed by atoms with Gasteiger partial charge in [-0.15, -0.1) is 0 Å². The van der Waals surface area contributed by atoms with Crippen LogP contribution in [0.3, 0.4) is 0 Å². The normalized spacial score (nSPS) is 21.8. The zero-order valence-corrected chi connectivity index (χ0v) is 10.3. The molecule has 1 aliphatic rings. The number of halogens is 2. The summed E-state index contributed by atoms with van der Waals surface area (Å²) in [6, 6.07) is 1.11. The van der Waals surface area contributed by atoms with E-state index in [9.17, 15) is 18.4 Å². The van der Waals surface area contributed by atoms with E-state index >= 15 is 0 Å². The summed E-state index contributed by atoms with van der Waals surface area (Å²) < 4.78 is 31.8. The van der Waals surface area contributed by atoms with Crippen LogP contribution < -0.4 is 11.1 Å². The summed E-state index contributed by atoms with van der Waals surface area (Å²) in [6.45, 7) is 0.281. The highest BCUT2D eigenvalue weighted by molar-refractivity contribution is 5.99. The van der Waals surface area contributed by atoms with Crippen molar-refractivity contribution in [1.29, 1.82) is 0 Å². The molecule has 2 rings (SSSR count). The molecule has 8 heteroatoms. The molecule has 1 aromatic rings. The van der Waals surface area contributed by atoms with E-state index < -0.39 is 40.3 Å². The SMILES string of the molecule is NC1(C(=O)Nc2cc(C(=O)O)c(F)cc2F)CCOC1. The molecule has 1 heterocycles. The Morgan fingerprint density at radius 3 is 2.60 bits per heavy atom. The fraction of sp³-hybridized carbons (Fsp3) is 0.333. The Balaban J connectivity index is 2.27. The van der Waals surface area contributed by atoms with Gasteiger partial charge in [-0.25, -0.2) is 13.6 Å². The third-order valence-electron chi connectivity index (χ3n) is 3.04. The van der Waals surface area contributed by atoms with Crippen LogP contribution in [0.5, 0.6) is 0 Å². The first kappa shape index (κ1) is 14.4. The van der Waals surface area contributed by atoms with Crippen LogP contribution in [0.2, 0.25) is 0 Å². The van der Waals surface area contributed by atoms with E-state index in [0.29, 0.717) is 18.7 Å². The number of amides is 1. The molecule has 4 N–H and O–H groups in total. The molecule has 6 nitrogen and oxygen atoms in total. The summed E-state index contributed by atoms with van der Waals surface area (Å²) in [6.07, 6.45) is 0.257. The minimum absolute atomic E-state index is 0.0204. The number of hydrogen-bond donors (Lipinski definition) is 3. The van der Waals surface area contributed by atoms with Gasteiger partial charge in [0.15, 0.2) is 0 Å². The first-order valence-electron chi connectivity index (χ1n) is 5.74. The van der Waals surface area contributed by atoms with E-state index in [2.05, 4.69) is 5.32 Å². The number of anilines is 1. The van der Waals surface area contributed by atoms with Crippen LogP contribution in [0.1, 0.15) is 16.8 Å². The topological polar surface area (TPSA) is 102 Å². The lowest BCUT2D eigenvalue weighted by Gasteiger charge is -2.21. The van der Waals surface area contributed by atoms with Crippen molar-refractivity contribution >= 4 is 17.6 Å². The standard InChI is InChI=1S/C12H12F2N2O4/c13-7-4-8(14)9(3-6(7)10(17)18)16-11(19)12(15)1-2-20-5-12/h3-4H,1-2,5,15H2,(H,16,19)(H,17,18). The largest absolute Gasteiger partial charge is 0.478 e. The lowest BCUT2D eigenvalue weighted by Crippen LogP contribution is -2.51. The summed E-state index contributed by atoms with van der Waals surface area (Å²) >= 11 is 0. The highest BCUT2D eigenvalue weighted by Crippen LogP contribution is 2.23. The average Bonchev–Trinajstić information content (AvgIpc) is 2.80. The monoisotopic (exact) mass is 286 g/mol. The van der Waals surface area contributed by atoms with E-state index in [1.807, 2.05) is 0 Å². The van der Waals surface area contributed by atoms with Gasteiger partial charge in [-0.05, 0) is 12.5 Å². The Morgan fingerprint density at radius 1 is 1.35 bits per heavy atom. The average molecular weight is 286 g/mol. The minimum atomic E-state index is -1.57. The zero-order valence-electron chi connectivity index (χ0n) is 10.3. The molecule has 1 amide bonds. The smallest absolute Gasteiger partial charge is 0.338 e. The highest BCUT2D eigenvalue weighted by Gasteiger charge is 2.38. The molecule has 1 aliphatic heterocycles. The van der Waals surface area contributed by atoms with Crippen molar-refractivity contribution < 1.29 is 28.2 Å². The number of hydrogen-bond acceptors (Lipinski definition) is 4. The van der Waals surface area contributed by atoms with Crippen LogP contribution in [0, 0.1) is 11.6 Å². The lowest BCUT2D eigenvalue weighted by molar-refractivity contribution is -0.121. The molecule has 20 heavy (non-hydrogen) atoms. The molecular formula is C12H12F2N2O4. The van der Waals surface area contributed by atoms with Gasteiger partial charge in [-0.1, -0.05) is 0 Å². The Kier molecular flexibility index (Phi) is 3.69. The molecular weight excluding hydrogens is 274 g/mol. The molecule has 0 radical (unpaired) electrons. The molecule has 0 saturated carbocycles. The van der Waals surface area contributed by atoms with E-state index in [-0.39, 0.29) is 13.0 Å². The van der Waals surface area contributed by atoms with Gasteiger partial charge >= 0.3 is 5.97 Å². The maximum atomic E-state index is 13.5. The van der Waals surface area contributed by atoms with Gasteiger partial charge < -0.3 is 20.9 Å². The molecule has 0 aromatic heterocycles. The molecule has 1 unspecified atom stereocenters. The van der Waals surface area contributed by atoms with Crippen molar-refractivity contribution in [3.05, 3.63) is 29.3 Å². The molecule has 0 bridgehead atoms. The van der Waals surface area contributed by atoms with Crippen molar-refractivity contribution in [2.24, 2.45) is 5.73 Å². The number of aromatic carboxylic acids is 1. The molecule has 1 fully saturated rings. The third kappa shape index (κ3) is 2.61. The summed E-state index contributed by atoms with van der Waals surface area (Å²) in [7, 11) is 0. The number of ether oxygens (including phenoxy) is 1. The Labute approximate surface area is 112 Å². The molecule has 1 aromatic carbocycles. The number of carboxylic acids is 1. The van der Waals surface area contributed by atoms with Gasteiger partial charge in [0, 0.05) is 12.7 Å². The van der Waals surface area contributed by atoms with Gasteiger partial charge in [0.05, 0.1) is 17.9 Å². The molecule has 0 aliphatic carbocycles. The number of carbonyl (C=O) groups excluding carboxylic acids is 1. The Morgan fingerprint density at radius 2 is 2.05 bits per heavy atom. The van der Waals surface area contributed by atoms with E-state index in [1.165, 1.54) is 0 Å². The van der Waals surface area contributed by atoms with E-state index in [4.69, 9.17) is 15.6 Å². The van der Waals surface area contributed by atoms with Gasteiger partial charge in [0.2, 0.25) is 5.91 Å². The molecule has 108 valence electrons. The number of benzene rings is 1. The fourth-order valence-corrected chi connectivity index (χ4v) is 1.82. The Bertz CT molecular complexity index is 571. The maximum absolute atomic E-state index is 13.5. The summed E-state index contributed by atoms with van der Waals surface area (Å²) in [5, 5.41) is 10.9. The van der Waals surface area contributed by atoms with Crippen LogP contribution in [0.15, 0.2) is 12.1 Å². The van der Waals surface area contributed by atoms with Gasteiger partial charge in [-0.3, -0.25) is 4.79 Å². The van der Waals surface area contributed by atoms with Crippen molar-refractivity contribution in [1.82, 2.24) is 0 Å². The number of carbonyl (C=O) groups is 2. The highest BCUT2D eigenvalue weighted by atomic mass is 19.1. The van der Waals surface area contributed by atoms with Gasteiger partial charge in [0.1, 0.15) is 17.2 Å². The van der Waals surface area contributed by atoms with Crippen LogP contribution in [-0.2, 0) is 9.53 Å². The maximum Gasteiger partial charge on any atom is 0.338 e. The second kappa shape index (κ2) is 5.14. The number of nitrogens with one attached hydrogen (secondary N) is 1. The quantitative estimate of drug-likeness (QED) is 0.760. The predicted molar refractivity (Wildman–Crippen MR) is 64.3 cm³/mol. The fourth-order valence-electron chi connectivity index (χ4n) is 1.82. The summed E-state index contributed by atoms with van der Waals surface area (Å²) in [5.41, 5.74) is 3.30.